The number of aliphatic hydroxyl groups is 2. The molecule has 1 saturated heterocycles. The first-order chi connectivity index (χ1) is 16.1. The van der Waals surface area contributed by atoms with Crippen LogP contribution in [0.1, 0.15) is 48.0 Å². The van der Waals surface area contributed by atoms with Crippen LogP contribution in [0.5, 0.6) is 0 Å². The number of halogens is 3. The molecule has 0 unspecified atom stereocenters. The molecule has 0 bridgehead atoms. The standard InChI is InChI=1S/C25H23F3N2O4/c1-25(2)24(33)20(32)11-21(34-25)14-8-9-29-12-13(14)10-19(31)18-7-6-17(28)23(30-18)22-15(26)4-3-5-16(22)27/h3-9,12,20-21,24,32-33H,10-11H2,1-2H3/t20-,21+,24-/m0/s1. The highest BCUT2D eigenvalue weighted by Crippen LogP contribution is 2.38. The van der Waals surface area contributed by atoms with E-state index in [1.54, 1.807) is 19.9 Å². The number of carbonyl (C=O) groups excluding carboxylic acids is 1. The maximum atomic E-state index is 14.4. The smallest absolute Gasteiger partial charge is 0.185 e. The lowest BCUT2D eigenvalue weighted by Crippen LogP contribution is -2.52. The van der Waals surface area contributed by atoms with Crippen molar-refractivity contribution in [1.29, 1.82) is 0 Å². The number of pyridine rings is 2. The Bertz CT molecular complexity index is 1210. The second kappa shape index (κ2) is 9.25. The van der Waals surface area contributed by atoms with E-state index in [-0.39, 0.29) is 18.5 Å². The van der Waals surface area contributed by atoms with Gasteiger partial charge in [-0.15, -0.1) is 0 Å². The minimum Gasteiger partial charge on any atom is -0.390 e. The fourth-order valence-electron chi connectivity index (χ4n) is 4.15. The van der Waals surface area contributed by atoms with Crippen LogP contribution in [-0.4, -0.2) is 43.8 Å². The van der Waals surface area contributed by atoms with Gasteiger partial charge in [-0.2, -0.15) is 0 Å². The Morgan fingerprint density at radius 3 is 2.47 bits per heavy atom. The van der Waals surface area contributed by atoms with Gasteiger partial charge in [-0.05, 0) is 55.3 Å². The Morgan fingerprint density at radius 1 is 1.09 bits per heavy atom. The van der Waals surface area contributed by atoms with E-state index >= 15 is 0 Å². The van der Waals surface area contributed by atoms with Gasteiger partial charge in [-0.3, -0.25) is 9.78 Å². The van der Waals surface area contributed by atoms with E-state index in [2.05, 4.69) is 9.97 Å². The van der Waals surface area contributed by atoms with Gasteiger partial charge in [0, 0.05) is 25.2 Å². The summed E-state index contributed by atoms with van der Waals surface area (Å²) in [6, 6.07) is 6.86. The number of ketones is 1. The molecule has 3 heterocycles. The van der Waals surface area contributed by atoms with Gasteiger partial charge in [-0.1, -0.05) is 6.07 Å². The van der Waals surface area contributed by atoms with Crippen LogP contribution in [0, 0.1) is 17.5 Å². The molecule has 178 valence electrons. The minimum atomic E-state index is -1.07. The van der Waals surface area contributed by atoms with Crippen molar-refractivity contribution in [2.45, 2.75) is 50.6 Å². The fourth-order valence-corrected chi connectivity index (χ4v) is 4.15. The van der Waals surface area contributed by atoms with E-state index in [0.717, 1.165) is 30.3 Å². The second-order valence-corrected chi connectivity index (χ2v) is 8.76. The molecule has 0 radical (unpaired) electrons. The van der Waals surface area contributed by atoms with Crippen molar-refractivity contribution in [1.82, 2.24) is 9.97 Å². The van der Waals surface area contributed by atoms with Gasteiger partial charge in [0.1, 0.15) is 34.9 Å². The van der Waals surface area contributed by atoms with E-state index in [9.17, 15) is 28.2 Å². The lowest BCUT2D eigenvalue weighted by atomic mass is 9.86. The van der Waals surface area contributed by atoms with E-state index in [0.29, 0.717) is 11.1 Å². The molecule has 4 rings (SSSR count). The number of aliphatic hydroxyl groups excluding tert-OH is 2. The summed E-state index contributed by atoms with van der Waals surface area (Å²) in [5.41, 5.74) is -1.35. The van der Waals surface area contributed by atoms with Crippen molar-refractivity contribution >= 4 is 5.78 Å². The SMILES string of the molecule is CC1(C)O[C@@H](c2ccncc2CC(=O)c2ccc(F)c(-c3c(F)cccc3F)n2)C[C@H](O)[C@@H]1O. The van der Waals surface area contributed by atoms with Gasteiger partial charge in [0.2, 0.25) is 0 Å². The van der Waals surface area contributed by atoms with Crippen LogP contribution in [0.15, 0.2) is 48.8 Å². The van der Waals surface area contributed by atoms with Crippen molar-refractivity contribution in [3.8, 4) is 11.3 Å². The summed E-state index contributed by atoms with van der Waals surface area (Å²) in [6.45, 7) is 3.32. The summed E-state index contributed by atoms with van der Waals surface area (Å²) in [5, 5.41) is 20.5. The molecule has 6 nitrogen and oxygen atoms in total. The van der Waals surface area contributed by atoms with E-state index in [4.69, 9.17) is 4.74 Å². The molecule has 1 fully saturated rings. The van der Waals surface area contributed by atoms with Gasteiger partial charge >= 0.3 is 0 Å². The molecule has 3 aromatic rings. The van der Waals surface area contributed by atoms with Crippen molar-refractivity contribution in [2.75, 3.05) is 0 Å². The van der Waals surface area contributed by atoms with Crippen LogP contribution in [0.2, 0.25) is 0 Å². The zero-order valence-electron chi connectivity index (χ0n) is 18.5. The summed E-state index contributed by atoms with van der Waals surface area (Å²) in [4.78, 5) is 21.0. The van der Waals surface area contributed by atoms with Crippen LogP contribution in [0.3, 0.4) is 0 Å². The molecule has 1 aliphatic rings. The highest BCUT2D eigenvalue weighted by atomic mass is 19.1. The Hall–Kier alpha value is -3.14. The van der Waals surface area contributed by atoms with Crippen LogP contribution >= 0.6 is 0 Å². The Kier molecular flexibility index (Phi) is 6.53. The Labute approximate surface area is 194 Å². The van der Waals surface area contributed by atoms with E-state index < -0.39 is 58.4 Å². The molecule has 1 aromatic carbocycles. The number of carbonyl (C=O) groups is 1. The Balaban J connectivity index is 1.64. The van der Waals surface area contributed by atoms with E-state index in [1.165, 1.54) is 12.4 Å². The average Bonchev–Trinajstić information content (AvgIpc) is 2.78. The number of benzene rings is 1. The third kappa shape index (κ3) is 4.59. The fraction of sp³-hybridized carbons (Fsp3) is 0.320. The van der Waals surface area contributed by atoms with Crippen molar-refractivity contribution in [3.05, 3.63) is 83.1 Å². The van der Waals surface area contributed by atoms with Crippen LogP contribution in [0.25, 0.3) is 11.3 Å². The van der Waals surface area contributed by atoms with Crippen molar-refractivity contribution in [3.63, 3.8) is 0 Å². The second-order valence-electron chi connectivity index (χ2n) is 8.76. The topological polar surface area (TPSA) is 92.5 Å². The molecule has 0 aliphatic carbocycles. The summed E-state index contributed by atoms with van der Waals surface area (Å²) < 4.78 is 48.7. The first kappa shape index (κ1) is 24.0. The minimum absolute atomic E-state index is 0.112. The van der Waals surface area contributed by atoms with Crippen LogP contribution in [-0.2, 0) is 11.2 Å². The van der Waals surface area contributed by atoms with Crippen molar-refractivity contribution in [2.24, 2.45) is 0 Å². The number of Topliss-reactive ketones (excluding diaryl/α,β-unsaturated/α-hetero) is 1. The molecule has 9 heteroatoms. The normalized spacial score (nSPS) is 21.9. The lowest BCUT2D eigenvalue weighted by Gasteiger charge is -2.43. The molecular formula is C25H23F3N2O4. The quantitative estimate of drug-likeness (QED) is 0.547. The molecule has 0 saturated carbocycles. The number of nitrogens with zero attached hydrogens (tertiary/aromatic N) is 2. The number of ether oxygens (including phenoxy) is 1. The summed E-state index contributed by atoms with van der Waals surface area (Å²) in [5.74, 6) is -3.48. The maximum absolute atomic E-state index is 14.4. The monoisotopic (exact) mass is 472 g/mol. The molecule has 0 spiro atoms. The van der Waals surface area contributed by atoms with Crippen LogP contribution in [0.4, 0.5) is 13.2 Å². The Morgan fingerprint density at radius 2 is 1.79 bits per heavy atom. The molecule has 3 atom stereocenters. The summed E-state index contributed by atoms with van der Waals surface area (Å²) >= 11 is 0. The number of aromatic nitrogens is 2. The van der Waals surface area contributed by atoms with Crippen molar-refractivity contribution < 1.29 is 32.9 Å². The maximum Gasteiger partial charge on any atom is 0.185 e. The summed E-state index contributed by atoms with van der Waals surface area (Å²) in [6.07, 6.45) is 0.206. The largest absolute Gasteiger partial charge is 0.390 e. The zero-order chi connectivity index (χ0) is 24.6. The molecule has 2 aromatic heterocycles. The number of rotatable bonds is 5. The number of hydrogen-bond acceptors (Lipinski definition) is 6. The molecule has 34 heavy (non-hydrogen) atoms. The van der Waals surface area contributed by atoms with Gasteiger partial charge in [0.05, 0.1) is 23.4 Å². The molecule has 2 N–H and O–H groups in total. The predicted octanol–water partition coefficient (Wildman–Crippen LogP) is 3.95. The first-order valence-corrected chi connectivity index (χ1v) is 10.7. The van der Waals surface area contributed by atoms with E-state index in [1.807, 2.05) is 0 Å². The summed E-state index contributed by atoms with van der Waals surface area (Å²) in [7, 11) is 0. The predicted molar refractivity (Wildman–Crippen MR) is 116 cm³/mol. The van der Waals surface area contributed by atoms with Gasteiger partial charge < -0.3 is 14.9 Å². The average molecular weight is 472 g/mol. The highest BCUT2D eigenvalue weighted by Gasteiger charge is 2.43. The molecule has 0 amide bonds. The zero-order valence-corrected chi connectivity index (χ0v) is 18.5. The van der Waals surface area contributed by atoms with Gasteiger partial charge in [0.15, 0.2) is 5.78 Å². The third-order valence-electron chi connectivity index (χ3n) is 5.95. The molecular weight excluding hydrogens is 449 g/mol. The molecule has 1 aliphatic heterocycles. The lowest BCUT2D eigenvalue weighted by molar-refractivity contribution is -0.214. The third-order valence-corrected chi connectivity index (χ3v) is 5.95. The number of hydrogen-bond donors (Lipinski definition) is 2. The first-order valence-electron chi connectivity index (χ1n) is 10.7. The highest BCUT2D eigenvalue weighted by molar-refractivity contribution is 5.96. The van der Waals surface area contributed by atoms with Gasteiger partial charge in [0.25, 0.3) is 0 Å². The van der Waals surface area contributed by atoms with Crippen LogP contribution < -0.4 is 0 Å². The van der Waals surface area contributed by atoms with Gasteiger partial charge in [-0.25, -0.2) is 18.2 Å².